The summed E-state index contributed by atoms with van der Waals surface area (Å²) >= 11 is 0. The van der Waals surface area contributed by atoms with E-state index in [-0.39, 0.29) is 30.1 Å². The number of hydrogen-bond acceptors (Lipinski definition) is 1. The van der Waals surface area contributed by atoms with E-state index in [0.717, 1.165) is 0 Å². The summed E-state index contributed by atoms with van der Waals surface area (Å²) in [4.78, 5) is 0. The van der Waals surface area contributed by atoms with Gasteiger partial charge >= 0.3 is 0 Å². The first-order valence-electron chi connectivity index (χ1n) is 1.41. The van der Waals surface area contributed by atoms with Crippen LogP contribution in [0.3, 0.4) is 0 Å². The second-order valence-corrected chi connectivity index (χ2v) is 0.707. The predicted octanol–water partition coefficient (Wildman–Crippen LogP) is 2.20. The minimum atomic E-state index is 0. The average Bonchev–Trinajstić information content (AvgIpc) is 0.918. The van der Waals surface area contributed by atoms with Gasteiger partial charge in [0.25, 0.3) is 0 Å². The van der Waals surface area contributed by atoms with Crippen molar-refractivity contribution in [3.8, 4) is 0 Å². The molecule has 0 aromatic carbocycles. The van der Waals surface area contributed by atoms with Crippen LogP contribution in [0, 0.1) is 0 Å². The number of halogens is 1. The fourth-order valence-corrected chi connectivity index (χ4v) is 0. The van der Waals surface area contributed by atoms with Crippen LogP contribution >= 0.6 is 24.0 Å². The molecular formula is C3H12IN. The Labute approximate surface area is 50.7 Å². The van der Waals surface area contributed by atoms with Gasteiger partial charge in [0.1, 0.15) is 0 Å². The SMILES string of the molecule is CCC.I.N. The van der Waals surface area contributed by atoms with E-state index >= 15 is 0 Å². The van der Waals surface area contributed by atoms with Crippen molar-refractivity contribution >= 4 is 24.0 Å². The van der Waals surface area contributed by atoms with Crippen molar-refractivity contribution < 1.29 is 0 Å². The zero-order valence-corrected chi connectivity index (χ0v) is 6.15. The van der Waals surface area contributed by atoms with Crippen LogP contribution in [0.25, 0.3) is 0 Å². The summed E-state index contributed by atoms with van der Waals surface area (Å²) < 4.78 is 0. The fourth-order valence-electron chi connectivity index (χ4n) is 0. The predicted molar refractivity (Wildman–Crippen MR) is 36.4 cm³/mol. The van der Waals surface area contributed by atoms with Crippen molar-refractivity contribution in [3.05, 3.63) is 0 Å². The van der Waals surface area contributed by atoms with E-state index in [1.165, 1.54) is 6.42 Å². The standard InChI is InChI=1S/C3H8.HI.H3N/c1-3-2;;/h3H2,1-2H3;1H;1H3. The lowest BCUT2D eigenvalue weighted by atomic mass is 10.6. The maximum absolute atomic E-state index is 2.12. The molecule has 0 unspecified atom stereocenters. The lowest BCUT2D eigenvalue weighted by molar-refractivity contribution is 1.09. The van der Waals surface area contributed by atoms with Gasteiger partial charge in [-0.1, -0.05) is 20.3 Å². The van der Waals surface area contributed by atoms with E-state index in [9.17, 15) is 0 Å². The highest BCUT2D eigenvalue weighted by Crippen LogP contribution is 1.56. The molecule has 0 radical (unpaired) electrons. The molecule has 0 aromatic heterocycles. The van der Waals surface area contributed by atoms with Crippen LogP contribution in [0.4, 0.5) is 0 Å². The van der Waals surface area contributed by atoms with Gasteiger partial charge in [0.2, 0.25) is 0 Å². The van der Waals surface area contributed by atoms with E-state index in [1.807, 2.05) is 0 Å². The highest BCUT2D eigenvalue weighted by Gasteiger charge is 1.35. The average molecular weight is 189 g/mol. The Morgan fingerprint density at radius 1 is 1.20 bits per heavy atom. The molecule has 1 nitrogen and oxygen atoms in total. The maximum atomic E-state index is 2.12. The molecular weight excluding hydrogens is 177 g/mol. The minimum absolute atomic E-state index is 0. The Bertz CT molecular complexity index is 6.85. The quantitative estimate of drug-likeness (QED) is 0.582. The van der Waals surface area contributed by atoms with Gasteiger partial charge in [-0.25, -0.2) is 0 Å². The molecule has 2 heteroatoms. The van der Waals surface area contributed by atoms with Crippen molar-refractivity contribution in [2.75, 3.05) is 0 Å². The first kappa shape index (κ1) is 17.3. The van der Waals surface area contributed by atoms with Crippen LogP contribution in [0.15, 0.2) is 0 Å². The maximum Gasteiger partial charge on any atom is -0.0590 e. The van der Waals surface area contributed by atoms with Crippen molar-refractivity contribution in [1.29, 1.82) is 0 Å². The van der Waals surface area contributed by atoms with Gasteiger partial charge in [-0.3, -0.25) is 0 Å². The molecule has 0 rings (SSSR count). The normalized spacial score (nSPS) is 3.60. The molecule has 36 valence electrons. The molecule has 5 heavy (non-hydrogen) atoms. The summed E-state index contributed by atoms with van der Waals surface area (Å²) in [6.45, 7) is 4.25. The van der Waals surface area contributed by atoms with Gasteiger partial charge in [-0.05, 0) is 0 Å². The van der Waals surface area contributed by atoms with E-state index < -0.39 is 0 Å². The third-order valence-corrected chi connectivity index (χ3v) is 0. The van der Waals surface area contributed by atoms with Crippen LogP contribution in [0.5, 0.6) is 0 Å². The zero-order valence-electron chi connectivity index (χ0n) is 3.82. The topological polar surface area (TPSA) is 35.0 Å². The highest BCUT2D eigenvalue weighted by atomic mass is 127. The van der Waals surface area contributed by atoms with E-state index in [0.29, 0.717) is 0 Å². The molecule has 0 aliphatic rings. The summed E-state index contributed by atoms with van der Waals surface area (Å²) in [6.07, 6.45) is 1.25. The van der Waals surface area contributed by atoms with Crippen molar-refractivity contribution in [2.24, 2.45) is 0 Å². The van der Waals surface area contributed by atoms with Gasteiger partial charge < -0.3 is 6.15 Å². The molecule has 3 N–H and O–H groups in total. The molecule has 0 atom stereocenters. The lowest BCUT2D eigenvalue weighted by Crippen LogP contribution is -1.27. The van der Waals surface area contributed by atoms with E-state index in [2.05, 4.69) is 13.8 Å². The van der Waals surface area contributed by atoms with Crippen LogP contribution < -0.4 is 6.15 Å². The van der Waals surface area contributed by atoms with Gasteiger partial charge in [0.05, 0.1) is 0 Å². The largest absolute Gasteiger partial charge is 0.344 e. The summed E-state index contributed by atoms with van der Waals surface area (Å²) in [5, 5.41) is 0. The molecule has 0 saturated carbocycles. The lowest BCUT2D eigenvalue weighted by Gasteiger charge is -1.48. The molecule has 0 aliphatic heterocycles. The summed E-state index contributed by atoms with van der Waals surface area (Å²) in [5.74, 6) is 0. The van der Waals surface area contributed by atoms with Gasteiger partial charge in [0, 0.05) is 0 Å². The van der Waals surface area contributed by atoms with Crippen molar-refractivity contribution in [3.63, 3.8) is 0 Å². The monoisotopic (exact) mass is 189 g/mol. The molecule has 0 heterocycles. The molecule has 0 spiro atoms. The first-order valence-corrected chi connectivity index (χ1v) is 1.41. The Morgan fingerprint density at radius 2 is 1.20 bits per heavy atom. The molecule has 0 saturated heterocycles. The molecule has 0 bridgehead atoms. The van der Waals surface area contributed by atoms with Crippen LogP contribution in [0.2, 0.25) is 0 Å². The first-order chi connectivity index (χ1) is 1.41. The Morgan fingerprint density at radius 3 is 1.20 bits per heavy atom. The van der Waals surface area contributed by atoms with Gasteiger partial charge in [-0.15, -0.1) is 24.0 Å². The summed E-state index contributed by atoms with van der Waals surface area (Å²) in [5.41, 5.74) is 0. The fraction of sp³-hybridized carbons (Fsp3) is 1.00. The number of rotatable bonds is 0. The minimum Gasteiger partial charge on any atom is -0.344 e. The zero-order chi connectivity index (χ0) is 2.71. The second kappa shape index (κ2) is 22.4. The third-order valence-electron chi connectivity index (χ3n) is 0. The molecule has 0 aliphatic carbocycles. The van der Waals surface area contributed by atoms with Crippen molar-refractivity contribution in [1.82, 2.24) is 6.15 Å². The van der Waals surface area contributed by atoms with Crippen molar-refractivity contribution in [2.45, 2.75) is 20.3 Å². The summed E-state index contributed by atoms with van der Waals surface area (Å²) in [6, 6.07) is 0. The van der Waals surface area contributed by atoms with Crippen LogP contribution in [-0.2, 0) is 0 Å². The Kier molecular flexibility index (Phi) is 77.3. The second-order valence-electron chi connectivity index (χ2n) is 0.707. The third kappa shape index (κ3) is 71.3. The molecule has 0 fully saturated rings. The molecule has 0 aromatic rings. The molecule has 0 amide bonds. The summed E-state index contributed by atoms with van der Waals surface area (Å²) in [7, 11) is 0. The van der Waals surface area contributed by atoms with Crippen LogP contribution in [0.1, 0.15) is 20.3 Å². The Hall–Kier alpha value is 0.690. The van der Waals surface area contributed by atoms with E-state index in [4.69, 9.17) is 0 Å². The van der Waals surface area contributed by atoms with E-state index in [1.54, 1.807) is 0 Å². The Balaban J connectivity index is -0.0000000200. The highest BCUT2D eigenvalue weighted by molar-refractivity contribution is 14.0. The van der Waals surface area contributed by atoms with Gasteiger partial charge in [0.15, 0.2) is 0 Å². The van der Waals surface area contributed by atoms with Gasteiger partial charge in [-0.2, -0.15) is 0 Å². The number of hydrogen-bond donors (Lipinski definition) is 1. The van der Waals surface area contributed by atoms with Crippen LogP contribution in [-0.4, -0.2) is 0 Å². The smallest absolute Gasteiger partial charge is 0.0590 e.